The topological polar surface area (TPSA) is 63.6 Å². The molecule has 0 aliphatic heterocycles. The molecular weight excluding hydrogens is 199 g/mol. The first kappa shape index (κ1) is 9.57. The summed E-state index contributed by atoms with van der Waals surface area (Å²) in [5, 5.41) is 9.08. The van der Waals surface area contributed by atoms with Crippen LogP contribution >= 0.6 is 0 Å². The highest BCUT2D eigenvalue weighted by molar-refractivity contribution is 5.20. The third-order valence-electron chi connectivity index (χ3n) is 2.22. The maximum Gasteiger partial charge on any atom is 0.361 e. The fourth-order valence-corrected chi connectivity index (χ4v) is 1.40. The van der Waals surface area contributed by atoms with Crippen molar-refractivity contribution < 1.29 is 4.39 Å². The number of aromatic amines is 1. The first-order valence-electron chi connectivity index (χ1n) is 4.44. The number of nitrogens with one attached hydrogen (secondary N) is 1. The lowest BCUT2D eigenvalue weighted by molar-refractivity contribution is 0.498. The van der Waals surface area contributed by atoms with Crippen LogP contribution in [0.15, 0.2) is 29.1 Å². The van der Waals surface area contributed by atoms with Crippen molar-refractivity contribution in [1.82, 2.24) is 20.2 Å². The lowest BCUT2D eigenvalue weighted by atomic mass is 10.1. The molecule has 0 aliphatic carbocycles. The summed E-state index contributed by atoms with van der Waals surface area (Å²) in [5.74, 6) is -0.361. The van der Waals surface area contributed by atoms with E-state index in [1.165, 1.54) is 6.07 Å². The molecule has 1 atom stereocenters. The average Bonchev–Trinajstić information content (AvgIpc) is 2.64. The second-order valence-corrected chi connectivity index (χ2v) is 3.15. The van der Waals surface area contributed by atoms with Crippen molar-refractivity contribution in [1.29, 1.82) is 0 Å². The summed E-state index contributed by atoms with van der Waals surface area (Å²) in [5.41, 5.74) is -0.0424. The Morgan fingerprint density at radius 1 is 1.47 bits per heavy atom. The number of rotatable bonds is 2. The van der Waals surface area contributed by atoms with Crippen LogP contribution in [0, 0.1) is 5.82 Å². The Kier molecular flexibility index (Phi) is 2.32. The van der Waals surface area contributed by atoms with Gasteiger partial charge in [0.05, 0.1) is 6.04 Å². The van der Waals surface area contributed by atoms with Crippen molar-refractivity contribution >= 4 is 0 Å². The summed E-state index contributed by atoms with van der Waals surface area (Å²) >= 11 is 0. The number of nitrogens with zero attached hydrogens (tertiary/aromatic N) is 3. The summed E-state index contributed by atoms with van der Waals surface area (Å²) < 4.78 is 14.5. The molecule has 1 aromatic carbocycles. The fourth-order valence-electron chi connectivity index (χ4n) is 1.40. The molecule has 0 aliphatic rings. The maximum absolute atomic E-state index is 13.4. The van der Waals surface area contributed by atoms with Crippen LogP contribution in [-0.2, 0) is 0 Å². The largest absolute Gasteiger partial charge is 0.361 e. The van der Waals surface area contributed by atoms with E-state index in [1.54, 1.807) is 25.1 Å². The number of hydrogen-bond acceptors (Lipinski definition) is 3. The summed E-state index contributed by atoms with van der Waals surface area (Å²) in [4.78, 5) is 11.2. The van der Waals surface area contributed by atoms with Crippen molar-refractivity contribution in [2.24, 2.45) is 0 Å². The Balaban J connectivity index is 2.45. The van der Waals surface area contributed by atoms with Gasteiger partial charge in [-0.3, -0.25) is 0 Å². The standard InChI is InChI=1S/C9H9FN4O/c1-6(14-9(15)11-12-13-14)7-4-2-3-5-8(7)10/h2-6H,1H3,(H,11,13,15). The van der Waals surface area contributed by atoms with E-state index in [4.69, 9.17) is 0 Å². The lowest BCUT2D eigenvalue weighted by Crippen LogP contribution is -2.23. The van der Waals surface area contributed by atoms with Gasteiger partial charge in [-0.25, -0.2) is 14.3 Å². The number of benzene rings is 1. The van der Waals surface area contributed by atoms with Crippen molar-refractivity contribution in [3.63, 3.8) is 0 Å². The highest BCUT2D eigenvalue weighted by Gasteiger charge is 2.15. The first-order chi connectivity index (χ1) is 7.20. The zero-order valence-electron chi connectivity index (χ0n) is 8.01. The molecule has 1 heterocycles. The van der Waals surface area contributed by atoms with E-state index in [0.717, 1.165) is 4.68 Å². The first-order valence-corrected chi connectivity index (χ1v) is 4.44. The van der Waals surface area contributed by atoms with Gasteiger partial charge in [0.15, 0.2) is 0 Å². The second-order valence-electron chi connectivity index (χ2n) is 3.15. The summed E-state index contributed by atoms with van der Waals surface area (Å²) in [6, 6.07) is 5.78. The molecule has 2 aromatic rings. The SMILES string of the molecule is CC(c1ccccc1F)n1nn[nH]c1=O. The Morgan fingerprint density at radius 3 is 2.80 bits per heavy atom. The van der Waals surface area contributed by atoms with Gasteiger partial charge in [-0.15, -0.1) is 0 Å². The molecule has 1 unspecified atom stereocenters. The molecule has 0 amide bonds. The summed E-state index contributed by atoms with van der Waals surface area (Å²) in [6.07, 6.45) is 0. The molecule has 78 valence electrons. The minimum Gasteiger partial charge on any atom is -0.244 e. The molecular formula is C9H9FN4O. The van der Waals surface area contributed by atoms with Crippen LogP contribution in [0.1, 0.15) is 18.5 Å². The Bertz CT molecular complexity index is 519. The zero-order chi connectivity index (χ0) is 10.8. The van der Waals surface area contributed by atoms with Crippen LogP contribution in [0.4, 0.5) is 4.39 Å². The predicted octanol–water partition coefficient (Wildman–Crippen LogP) is 0.715. The van der Waals surface area contributed by atoms with Crippen molar-refractivity contribution in [2.45, 2.75) is 13.0 Å². The van der Waals surface area contributed by atoms with Crippen LogP contribution < -0.4 is 5.69 Å². The van der Waals surface area contributed by atoms with E-state index >= 15 is 0 Å². The zero-order valence-corrected chi connectivity index (χ0v) is 8.01. The van der Waals surface area contributed by atoms with Gasteiger partial charge in [-0.2, -0.15) is 4.68 Å². The van der Waals surface area contributed by atoms with Crippen LogP contribution in [0.3, 0.4) is 0 Å². The van der Waals surface area contributed by atoms with Gasteiger partial charge in [0.1, 0.15) is 5.82 Å². The highest BCUT2D eigenvalue weighted by Crippen LogP contribution is 2.17. The van der Waals surface area contributed by atoms with E-state index in [9.17, 15) is 9.18 Å². The lowest BCUT2D eigenvalue weighted by Gasteiger charge is -2.10. The van der Waals surface area contributed by atoms with Crippen LogP contribution in [0.5, 0.6) is 0 Å². The van der Waals surface area contributed by atoms with Gasteiger partial charge in [-0.05, 0) is 23.4 Å². The number of H-pyrrole nitrogens is 1. The van der Waals surface area contributed by atoms with Crippen molar-refractivity contribution in [3.8, 4) is 0 Å². The van der Waals surface area contributed by atoms with Gasteiger partial charge in [-0.1, -0.05) is 18.2 Å². The predicted molar refractivity (Wildman–Crippen MR) is 50.9 cm³/mol. The normalized spacial score (nSPS) is 12.7. The summed E-state index contributed by atoms with van der Waals surface area (Å²) in [7, 11) is 0. The minimum absolute atomic E-state index is 0.361. The van der Waals surface area contributed by atoms with Crippen molar-refractivity contribution in [3.05, 3.63) is 46.1 Å². The van der Waals surface area contributed by atoms with E-state index in [0.29, 0.717) is 5.56 Å². The van der Waals surface area contributed by atoms with E-state index < -0.39 is 11.7 Å². The molecule has 5 nitrogen and oxygen atoms in total. The third kappa shape index (κ3) is 1.65. The molecule has 0 fully saturated rings. The molecule has 0 spiro atoms. The van der Waals surface area contributed by atoms with Gasteiger partial charge in [0.25, 0.3) is 0 Å². The Labute approximate surface area is 84.5 Å². The van der Waals surface area contributed by atoms with Crippen LogP contribution in [0.25, 0.3) is 0 Å². The maximum atomic E-state index is 13.4. The monoisotopic (exact) mass is 208 g/mol. The molecule has 0 saturated heterocycles. The molecule has 15 heavy (non-hydrogen) atoms. The molecule has 0 bridgehead atoms. The van der Waals surface area contributed by atoms with Crippen molar-refractivity contribution in [2.75, 3.05) is 0 Å². The van der Waals surface area contributed by atoms with Crippen LogP contribution in [0.2, 0.25) is 0 Å². The number of halogens is 1. The highest BCUT2D eigenvalue weighted by atomic mass is 19.1. The third-order valence-corrected chi connectivity index (χ3v) is 2.22. The molecule has 1 aromatic heterocycles. The molecule has 6 heteroatoms. The number of aromatic nitrogens is 4. The van der Waals surface area contributed by atoms with E-state index in [-0.39, 0.29) is 5.82 Å². The fraction of sp³-hybridized carbons (Fsp3) is 0.222. The molecule has 1 N–H and O–H groups in total. The Hall–Kier alpha value is -1.98. The number of tetrazole rings is 1. The van der Waals surface area contributed by atoms with Gasteiger partial charge >= 0.3 is 5.69 Å². The average molecular weight is 208 g/mol. The van der Waals surface area contributed by atoms with Crippen LogP contribution in [-0.4, -0.2) is 20.2 Å². The molecule has 0 saturated carbocycles. The minimum atomic E-state index is -0.475. The summed E-state index contributed by atoms with van der Waals surface area (Å²) in [6.45, 7) is 1.68. The molecule has 2 rings (SSSR count). The van der Waals surface area contributed by atoms with E-state index in [2.05, 4.69) is 15.5 Å². The smallest absolute Gasteiger partial charge is 0.244 e. The Morgan fingerprint density at radius 2 is 2.20 bits per heavy atom. The van der Waals surface area contributed by atoms with E-state index in [1.807, 2.05) is 0 Å². The van der Waals surface area contributed by atoms with Gasteiger partial charge < -0.3 is 0 Å². The molecule has 0 radical (unpaired) electrons. The number of hydrogen-bond donors (Lipinski definition) is 1. The quantitative estimate of drug-likeness (QED) is 0.790. The van der Waals surface area contributed by atoms with Gasteiger partial charge in [0, 0.05) is 5.56 Å². The van der Waals surface area contributed by atoms with Gasteiger partial charge in [0.2, 0.25) is 0 Å². The second kappa shape index (κ2) is 3.64.